The Morgan fingerprint density at radius 3 is 1.23 bits per heavy atom. The van der Waals surface area contributed by atoms with Crippen molar-refractivity contribution < 1.29 is 58.0 Å². The molecule has 6 atom stereocenters. The van der Waals surface area contributed by atoms with Crippen LogP contribution in [-0.2, 0) is 65.7 Å². The van der Waals surface area contributed by atoms with Crippen molar-refractivity contribution in [3.63, 3.8) is 0 Å². The summed E-state index contributed by atoms with van der Waals surface area (Å²) in [4.78, 5) is 90.7. The van der Waals surface area contributed by atoms with Gasteiger partial charge in [0.1, 0.15) is 29.3 Å². The minimum atomic E-state index is -0.964. The number of nitrogens with two attached hydrogens (primary N) is 1. The maximum absolute atomic E-state index is 13.6. The second-order valence-electron chi connectivity index (χ2n) is 23.6. The molecule has 0 heterocycles. The molecule has 0 aliphatic rings. The SMILES string of the molecule is Cc1cc(O)cc(C)c1C[C@H](NC(=O)OC(C)(C)C)C(=O)C[C@H](C)C(=O)NC[C@@H](Cc1ccccc1)NC(=O)OCc1ccccc1.Cc1cc(O)cc(C)c1C[C@H](NC(=O)OC(C)(C)C)C(=O)C[C@H](C)C(=O)NC[C@H](N)Cc1ccccc1. The third-order valence-corrected chi connectivity index (χ3v) is 13.5. The molecule has 5 amide bonds. The van der Waals surface area contributed by atoms with Gasteiger partial charge in [0.05, 0.1) is 18.1 Å². The van der Waals surface area contributed by atoms with E-state index in [1.165, 1.54) is 0 Å². The van der Waals surface area contributed by atoms with Crippen LogP contribution in [0.3, 0.4) is 0 Å². The molecule has 454 valence electrons. The molecular weight excluding hydrogens is 1070 g/mol. The normalized spacial score (nSPS) is 13.4. The lowest BCUT2D eigenvalue weighted by atomic mass is 9.91. The zero-order valence-corrected chi connectivity index (χ0v) is 50.9. The zero-order valence-electron chi connectivity index (χ0n) is 50.9. The highest BCUT2D eigenvalue weighted by Gasteiger charge is 2.31. The lowest BCUT2D eigenvalue weighted by Gasteiger charge is -2.25. The van der Waals surface area contributed by atoms with Crippen LogP contribution in [0.4, 0.5) is 14.4 Å². The lowest BCUT2D eigenvalue weighted by molar-refractivity contribution is -0.129. The van der Waals surface area contributed by atoms with Crippen LogP contribution in [0.5, 0.6) is 11.5 Å². The average Bonchev–Trinajstić information content (AvgIpc) is 3.59. The Morgan fingerprint density at radius 2 is 0.845 bits per heavy atom. The summed E-state index contributed by atoms with van der Waals surface area (Å²) in [5, 5.41) is 33.8. The standard InChI is InChI=1S/C37H47N3O7.C29H41N3O5/c1-24-17-30(41)18-25(2)31(24)21-32(40-36(45)47-37(4,5)6)33(42)19-26(3)34(43)38-22-29(20-27-13-9-7-10-14-27)39-35(44)46-23-28-15-11-8-12-16-28;1-18-12-23(33)13-19(2)24(18)16-25(32-28(36)37-29(4,5)6)26(34)14-20(3)27(35)31-17-22(30)15-21-10-8-7-9-11-21/h7-18,26,29,32,41H,19-23H2,1-6H3,(H,38,43)(H,39,44)(H,40,45);7-13,20,22,25,33H,14-17,30H2,1-6H3,(H,31,35)(H,32,36)/t26-,29+,32-;20-,22+,25-/m00/s1. The smallest absolute Gasteiger partial charge is 0.408 e. The number of alkyl carbamates (subject to hydrolysis) is 3. The number of Topliss-reactive ketones (excluding diaryl/α,β-unsaturated/α-hetero) is 2. The minimum Gasteiger partial charge on any atom is -0.508 e. The largest absolute Gasteiger partial charge is 0.508 e. The maximum Gasteiger partial charge on any atom is 0.408 e. The van der Waals surface area contributed by atoms with Crippen LogP contribution in [0.15, 0.2) is 115 Å². The maximum atomic E-state index is 13.6. The third kappa shape index (κ3) is 25.1. The Bertz CT molecular complexity index is 2930. The van der Waals surface area contributed by atoms with Crippen LogP contribution in [-0.4, -0.2) is 100 Å². The molecule has 18 heteroatoms. The highest BCUT2D eigenvalue weighted by atomic mass is 16.6. The molecule has 0 aliphatic heterocycles. The van der Waals surface area contributed by atoms with Crippen LogP contribution in [0.2, 0.25) is 0 Å². The molecule has 0 spiro atoms. The van der Waals surface area contributed by atoms with Gasteiger partial charge in [-0.15, -0.1) is 0 Å². The molecule has 5 aromatic carbocycles. The fourth-order valence-corrected chi connectivity index (χ4v) is 9.25. The van der Waals surface area contributed by atoms with Gasteiger partial charge in [-0.1, -0.05) is 105 Å². The number of phenolic OH excluding ortho intramolecular Hbond substituents is 2. The van der Waals surface area contributed by atoms with E-state index in [1.54, 1.807) is 79.7 Å². The summed E-state index contributed by atoms with van der Waals surface area (Å²) in [6, 6.07) is 32.5. The Hall–Kier alpha value is -8.25. The van der Waals surface area contributed by atoms with E-state index in [1.807, 2.05) is 119 Å². The van der Waals surface area contributed by atoms with Gasteiger partial charge in [-0.25, -0.2) is 14.4 Å². The summed E-state index contributed by atoms with van der Waals surface area (Å²) in [6.07, 6.45) is -0.799. The molecule has 84 heavy (non-hydrogen) atoms. The van der Waals surface area contributed by atoms with E-state index in [0.717, 1.165) is 50.1 Å². The average molecular weight is 1160 g/mol. The number of phenols is 2. The molecule has 0 radical (unpaired) electrons. The van der Waals surface area contributed by atoms with Crippen molar-refractivity contribution >= 4 is 41.7 Å². The van der Waals surface area contributed by atoms with E-state index in [9.17, 15) is 43.8 Å². The second kappa shape index (κ2) is 32.6. The zero-order chi connectivity index (χ0) is 62.3. The molecule has 9 N–H and O–H groups in total. The van der Waals surface area contributed by atoms with E-state index < -0.39 is 59.4 Å². The van der Waals surface area contributed by atoms with Crippen molar-refractivity contribution in [2.75, 3.05) is 13.1 Å². The van der Waals surface area contributed by atoms with Crippen molar-refractivity contribution in [1.29, 1.82) is 0 Å². The van der Waals surface area contributed by atoms with Gasteiger partial charge in [-0.3, -0.25) is 19.2 Å². The van der Waals surface area contributed by atoms with E-state index in [2.05, 4.69) is 26.6 Å². The highest BCUT2D eigenvalue weighted by Crippen LogP contribution is 2.25. The molecule has 0 aromatic heterocycles. The summed E-state index contributed by atoms with van der Waals surface area (Å²) in [7, 11) is 0. The summed E-state index contributed by atoms with van der Waals surface area (Å²) >= 11 is 0. The van der Waals surface area contributed by atoms with E-state index >= 15 is 0 Å². The summed E-state index contributed by atoms with van der Waals surface area (Å²) < 4.78 is 16.2. The first kappa shape index (κ1) is 68.3. The monoisotopic (exact) mass is 1160 g/mol. The van der Waals surface area contributed by atoms with Gasteiger partial charge in [-0.05, 0) is 156 Å². The third-order valence-electron chi connectivity index (χ3n) is 13.5. The number of ketones is 2. The summed E-state index contributed by atoms with van der Waals surface area (Å²) in [5.41, 5.74) is 12.4. The Balaban J connectivity index is 0.000000371. The van der Waals surface area contributed by atoms with E-state index in [4.69, 9.17) is 19.9 Å². The van der Waals surface area contributed by atoms with Gasteiger partial charge in [-0.2, -0.15) is 0 Å². The summed E-state index contributed by atoms with van der Waals surface area (Å²) in [5.74, 6) is -2.35. The van der Waals surface area contributed by atoms with Crippen molar-refractivity contribution in [1.82, 2.24) is 26.6 Å². The minimum absolute atomic E-state index is 0.0591. The van der Waals surface area contributed by atoms with Crippen LogP contribution in [0.1, 0.15) is 118 Å². The number of aryl methyl sites for hydroxylation is 4. The van der Waals surface area contributed by atoms with Crippen molar-refractivity contribution in [3.05, 3.63) is 165 Å². The van der Waals surface area contributed by atoms with Gasteiger partial charge in [0.25, 0.3) is 0 Å². The predicted octanol–water partition coefficient (Wildman–Crippen LogP) is 9.42. The van der Waals surface area contributed by atoms with Gasteiger partial charge in [0, 0.05) is 56.7 Å². The van der Waals surface area contributed by atoms with Crippen LogP contribution in [0.25, 0.3) is 0 Å². The topological polar surface area (TPSA) is 274 Å². The first-order valence-corrected chi connectivity index (χ1v) is 28.4. The molecule has 0 fully saturated rings. The first-order valence-electron chi connectivity index (χ1n) is 28.4. The molecule has 0 saturated heterocycles. The molecule has 5 rings (SSSR count). The number of benzene rings is 5. The number of hydrogen-bond donors (Lipinski definition) is 8. The molecular formula is C66H88N6O12. The molecule has 0 aliphatic carbocycles. The fraction of sp³-hybridized carbons (Fsp3) is 0.439. The molecule has 5 aromatic rings. The van der Waals surface area contributed by atoms with Gasteiger partial charge in [0.2, 0.25) is 11.8 Å². The number of carbonyl (C=O) groups is 7. The Labute approximate surface area is 495 Å². The van der Waals surface area contributed by atoms with Crippen LogP contribution in [0, 0.1) is 39.5 Å². The van der Waals surface area contributed by atoms with Crippen LogP contribution < -0.4 is 32.3 Å². The number of aromatic hydroxyl groups is 2. The number of ether oxygens (including phenoxy) is 3. The predicted molar refractivity (Wildman–Crippen MR) is 324 cm³/mol. The fourth-order valence-electron chi connectivity index (χ4n) is 9.25. The molecule has 0 unspecified atom stereocenters. The second-order valence-corrected chi connectivity index (χ2v) is 23.6. The number of amides is 5. The van der Waals surface area contributed by atoms with Crippen molar-refractivity contribution in [2.24, 2.45) is 17.6 Å². The van der Waals surface area contributed by atoms with Gasteiger partial charge < -0.3 is 56.7 Å². The lowest BCUT2D eigenvalue weighted by Crippen LogP contribution is -2.47. The van der Waals surface area contributed by atoms with Gasteiger partial charge >= 0.3 is 18.3 Å². The summed E-state index contributed by atoms with van der Waals surface area (Å²) in [6.45, 7) is 21.6. The Morgan fingerprint density at radius 1 is 0.488 bits per heavy atom. The number of hydrogen-bond acceptors (Lipinski definition) is 13. The van der Waals surface area contributed by atoms with Crippen LogP contribution >= 0.6 is 0 Å². The molecule has 0 saturated carbocycles. The van der Waals surface area contributed by atoms with E-state index in [0.29, 0.717) is 12.8 Å². The number of rotatable bonds is 25. The first-order chi connectivity index (χ1) is 39.4. The quantitative estimate of drug-likeness (QED) is 0.0253. The molecule has 0 bridgehead atoms. The van der Waals surface area contributed by atoms with Gasteiger partial charge in [0.15, 0.2) is 11.6 Å². The number of nitrogens with one attached hydrogen (secondary N) is 5. The molecule has 18 nitrogen and oxygen atoms in total. The highest BCUT2D eigenvalue weighted by molar-refractivity contribution is 5.93. The van der Waals surface area contributed by atoms with E-state index in [-0.39, 0.29) is 86.3 Å². The Kier molecular flexibility index (Phi) is 26.5. The van der Waals surface area contributed by atoms with Crippen molar-refractivity contribution in [3.8, 4) is 11.5 Å². The van der Waals surface area contributed by atoms with Crippen molar-refractivity contribution in [2.45, 2.75) is 164 Å². The number of carbonyl (C=O) groups excluding carboxylic acids is 7.